The minimum Gasteiger partial charge on any atom is -0.307 e. The lowest BCUT2D eigenvalue weighted by atomic mass is 9.99. The summed E-state index contributed by atoms with van der Waals surface area (Å²) >= 11 is 0. The molecule has 7 nitrogen and oxygen atoms in total. The molecule has 0 aliphatic rings. The lowest BCUT2D eigenvalue weighted by Crippen LogP contribution is -1.99. The second kappa shape index (κ2) is 21.9. The molecule has 0 bridgehead atoms. The van der Waals surface area contributed by atoms with Gasteiger partial charge in [0.1, 0.15) is 0 Å². The topological polar surface area (TPSA) is 42.5 Å². The van der Waals surface area contributed by atoms with Crippen LogP contribution in [-0.2, 0) is 0 Å². The summed E-state index contributed by atoms with van der Waals surface area (Å²) in [6.07, 6.45) is 0. The molecular weight excluding hydrogens is 1240 g/mol. The van der Waals surface area contributed by atoms with Gasteiger partial charge >= 0.3 is 0 Å². The van der Waals surface area contributed by atoms with Crippen molar-refractivity contribution in [2.24, 2.45) is 0 Å². The van der Waals surface area contributed by atoms with Gasteiger partial charge in [-0.25, -0.2) is 4.98 Å². The van der Waals surface area contributed by atoms with E-state index in [1.54, 1.807) is 0 Å². The minimum absolute atomic E-state index is 0.882. The number of benzene rings is 15. The molecule has 0 N–H and O–H groups in total. The summed E-state index contributed by atoms with van der Waals surface area (Å²) in [5, 5.41) is 14.6. The van der Waals surface area contributed by atoms with Crippen molar-refractivity contribution in [3.05, 3.63) is 358 Å². The van der Waals surface area contributed by atoms with Crippen molar-refractivity contribution in [2.45, 2.75) is 0 Å². The summed E-state index contributed by atoms with van der Waals surface area (Å²) in [4.78, 5) is 5.68. The van der Waals surface area contributed by atoms with Crippen LogP contribution in [0.2, 0.25) is 0 Å². The van der Waals surface area contributed by atoms with Gasteiger partial charge in [0.05, 0.1) is 77.6 Å². The van der Waals surface area contributed by atoms with Crippen molar-refractivity contribution in [2.75, 3.05) is 0 Å². The van der Waals surface area contributed by atoms with Crippen molar-refractivity contribution in [3.8, 4) is 67.8 Å². The second-order valence-corrected chi connectivity index (χ2v) is 27.0. The Bertz CT molecular complexity index is 6490. The average Bonchev–Trinajstić information content (AvgIpc) is 1.56. The monoisotopic (exact) mass is 1300 g/mol. The Balaban J connectivity index is 0.728. The van der Waals surface area contributed by atoms with Crippen LogP contribution in [0.5, 0.6) is 0 Å². The van der Waals surface area contributed by atoms with Crippen LogP contribution in [0.3, 0.4) is 0 Å². The first-order chi connectivity index (χ1) is 50.6. The third-order valence-corrected chi connectivity index (χ3v) is 21.6. The van der Waals surface area contributed by atoms with Gasteiger partial charge in [0.15, 0.2) is 0 Å². The normalized spacial score (nSPS) is 12.1. The van der Waals surface area contributed by atoms with E-state index in [9.17, 15) is 0 Å². The maximum Gasteiger partial charge on any atom is 0.0788 e. The number of rotatable bonds is 9. The van der Waals surface area contributed by atoms with Crippen LogP contribution in [-0.4, -0.2) is 32.4 Å². The Hall–Kier alpha value is -13.8. The van der Waals surface area contributed by atoms with Crippen molar-refractivity contribution >= 4 is 131 Å². The fraction of sp³-hybridized carbons (Fsp3) is 0. The van der Waals surface area contributed by atoms with Crippen LogP contribution in [0.4, 0.5) is 0 Å². The van der Waals surface area contributed by atoms with Crippen LogP contribution >= 0.6 is 0 Å². The molecule has 0 spiro atoms. The zero-order chi connectivity index (χ0) is 66.7. The molecule has 0 saturated heterocycles. The Morgan fingerprint density at radius 2 is 0.343 bits per heavy atom. The SMILES string of the molecule is c1ccc(-n2c3ccccc3c3ccc4c5ccccc5n(-c5ccc(-c6cc(-c7ccc(-n8c9ccccc9c9ccc%10c%11ccccc%11n(-c%11ccccc%11)c%10c98)cc7)nc(-c7ccc(-n8c9ccccc9c9ccc%10c%11ccccc%11n(-c%11ccccc%11)c%10c98)cc7)c6)cc5)c4c32)cc1. The second-order valence-electron chi connectivity index (χ2n) is 27.0. The van der Waals surface area contributed by atoms with Crippen LogP contribution < -0.4 is 0 Å². The molecule has 22 aromatic rings. The molecule has 7 heteroatoms. The molecule has 0 unspecified atom stereocenters. The zero-order valence-corrected chi connectivity index (χ0v) is 55.2. The maximum absolute atomic E-state index is 5.68. The highest BCUT2D eigenvalue weighted by Crippen LogP contribution is 2.47. The Morgan fingerprint density at radius 3 is 0.578 bits per heavy atom. The van der Waals surface area contributed by atoms with Gasteiger partial charge in [0, 0.05) is 110 Å². The summed E-state index contributed by atoms with van der Waals surface area (Å²) in [5.74, 6) is 0. The van der Waals surface area contributed by atoms with Gasteiger partial charge in [-0.2, -0.15) is 0 Å². The number of hydrogen-bond donors (Lipinski definition) is 0. The fourth-order valence-electron chi connectivity index (χ4n) is 17.2. The molecule has 7 heterocycles. The Labute approximate surface area is 585 Å². The van der Waals surface area contributed by atoms with E-state index in [4.69, 9.17) is 4.98 Å². The molecular formula is C95H59N7. The van der Waals surface area contributed by atoms with Crippen molar-refractivity contribution in [1.82, 2.24) is 32.4 Å². The summed E-state index contributed by atoms with van der Waals surface area (Å²) in [7, 11) is 0. The van der Waals surface area contributed by atoms with Gasteiger partial charge in [-0.15, -0.1) is 0 Å². The number of nitrogens with zero attached hydrogens (tertiary/aromatic N) is 7. The zero-order valence-electron chi connectivity index (χ0n) is 55.2. The van der Waals surface area contributed by atoms with E-state index in [0.717, 1.165) is 84.3 Å². The third kappa shape index (κ3) is 8.15. The van der Waals surface area contributed by atoms with Crippen molar-refractivity contribution < 1.29 is 0 Å². The third-order valence-electron chi connectivity index (χ3n) is 21.6. The highest BCUT2D eigenvalue weighted by Gasteiger charge is 2.26. The smallest absolute Gasteiger partial charge is 0.0788 e. The molecule has 0 radical (unpaired) electrons. The first-order valence-electron chi connectivity index (χ1n) is 35.0. The number of aromatic nitrogens is 7. The van der Waals surface area contributed by atoms with E-state index in [-0.39, 0.29) is 0 Å². The standard InChI is InChI=1S/C95H59N7/c1-4-22-64(23-5-1)97-84-34-16-10-28-70(84)76-52-55-79-73-31-13-19-37-87(73)100(93(79)90(76)97)67-46-40-60(41-47-67)63-58-82(61-42-48-68(49-43-61)101-88-38-20-14-32-74(88)80-56-53-77-71-29-11-17-35-85(71)98(91(77)94(80)101)65-24-6-2-7-25-65)96-83(59-63)62-44-50-69(51-45-62)102-89-39-21-15-33-75(89)81-57-54-78-72-30-12-18-36-86(72)99(92(78)95(81)102)66-26-8-3-9-27-66/h1-59H. The predicted octanol–water partition coefficient (Wildman–Crippen LogP) is 24.7. The first kappa shape index (κ1) is 56.3. The lowest BCUT2D eigenvalue weighted by Gasteiger charge is -2.15. The van der Waals surface area contributed by atoms with Crippen LogP contribution in [0, 0.1) is 0 Å². The van der Waals surface area contributed by atoms with Crippen LogP contribution in [0.15, 0.2) is 358 Å². The molecule has 22 rings (SSSR count). The first-order valence-corrected chi connectivity index (χ1v) is 35.0. The number of fused-ring (bicyclic) bond motifs is 21. The summed E-state index contributed by atoms with van der Waals surface area (Å²) in [6.45, 7) is 0. The van der Waals surface area contributed by atoms with E-state index in [1.165, 1.54) is 114 Å². The van der Waals surface area contributed by atoms with Crippen molar-refractivity contribution in [1.29, 1.82) is 0 Å². The molecule has 0 amide bonds. The molecule has 0 saturated carbocycles. The van der Waals surface area contributed by atoms with Crippen LogP contribution in [0.25, 0.3) is 199 Å². The average molecular weight is 1300 g/mol. The molecule has 102 heavy (non-hydrogen) atoms. The van der Waals surface area contributed by atoms with Crippen molar-refractivity contribution in [3.63, 3.8) is 0 Å². The Kier molecular flexibility index (Phi) is 12.1. The number of para-hydroxylation sites is 9. The van der Waals surface area contributed by atoms with E-state index < -0.39 is 0 Å². The minimum atomic E-state index is 0.882. The molecule has 0 aliphatic carbocycles. The van der Waals surface area contributed by atoms with Gasteiger partial charge in [-0.1, -0.05) is 237 Å². The van der Waals surface area contributed by atoms with E-state index in [0.29, 0.717) is 0 Å². The van der Waals surface area contributed by atoms with Gasteiger partial charge in [0.2, 0.25) is 0 Å². The maximum atomic E-state index is 5.68. The quantitative estimate of drug-likeness (QED) is 0.142. The molecule has 15 aromatic carbocycles. The van der Waals surface area contributed by atoms with Gasteiger partial charge in [0.25, 0.3) is 0 Å². The van der Waals surface area contributed by atoms with Gasteiger partial charge in [-0.3, -0.25) is 0 Å². The Morgan fingerprint density at radius 1 is 0.147 bits per heavy atom. The summed E-state index contributed by atoms with van der Waals surface area (Å²) in [5.41, 5.74) is 26.6. The van der Waals surface area contributed by atoms with Gasteiger partial charge in [-0.05, 0) is 132 Å². The molecule has 0 aliphatic heterocycles. The molecule has 0 fully saturated rings. The fourth-order valence-corrected chi connectivity index (χ4v) is 17.2. The number of pyridine rings is 1. The summed E-state index contributed by atoms with van der Waals surface area (Å²) in [6, 6.07) is 131. The summed E-state index contributed by atoms with van der Waals surface area (Å²) < 4.78 is 14.8. The highest BCUT2D eigenvalue weighted by atomic mass is 15.1. The van der Waals surface area contributed by atoms with Gasteiger partial charge < -0.3 is 27.4 Å². The largest absolute Gasteiger partial charge is 0.307 e. The molecule has 0 atom stereocenters. The molecule has 474 valence electrons. The highest BCUT2D eigenvalue weighted by molar-refractivity contribution is 6.27. The predicted molar refractivity (Wildman–Crippen MR) is 427 cm³/mol. The van der Waals surface area contributed by atoms with E-state index >= 15 is 0 Å². The molecule has 7 aromatic heterocycles. The van der Waals surface area contributed by atoms with E-state index in [1.807, 2.05) is 0 Å². The van der Waals surface area contributed by atoms with Crippen LogP contribution in [0.1, 0.15) is 0 Å². The lowest BCUT2D eigenvalue weighted by molar-refractivity contribution is 1.15. The van der Waals surface area contributed by atoms with E-state index in [2.05, 4.69) is 385 Å². The number of hydrogen-bond acceptors (Lipinski definition) is 1.